The van der Waals surface area contributed by atoms with E-state index >= 15 is 0 Å². The third-order valence-corrected chi connectivity index (χ3v) is 1.89. The van der Waals surface area contributed by atoms with Crippen molar-refractivity contribution in [2.45, 2.75) is 6.61 Å². The van der Waals surface area contributed by atoms with Crippen molar-refractivity contribution in [1.29, 1.82) is 0 Å². The van der Waals surface area contributed by atoms with Gasteiger partial charge in [0.25, 0.3) is 0 Å². The number of benzene rings is 1. The zero-order valence-electron chi connectivity index (χ0n) is 9.26. The lowest BCUT2D eigenvalue weighted by Crippen LogP contribution is -1.94. The first-order valence-corrected chi connectivity index (χ1v) is 5.21. The summed E-state index contributed by atoms with van der Waals surface area (Å²) in [5.74, 6) is 2.40. The predicted octanol–water partition coefficient (Wildman–Crippen LogP) is 2.41. The van der Waals surface area contributed by atoms with E-state index in [2.05, 4.69) is 5.92 Å². The van der Waals surface area contributed by atoms with E-state index in [0.29, 0.717) is 26.4 Å². The van der Waals surface area contributed by atoms with Crippen molar-refractivity contribution in [1.82, 2.24) is 0 Å². The molecule has 2 nitrogen and oxygen atoms in total. The van der Waals surface area contributed by atoms with E-state index in [1.807, 2.05) is 42.5 Å². The average molecular weight is 216 g/mol. The monoisotopic (exact) mass is 216 g/mol. The van der Waals surface area contributed by atoms with Gasteiger partial charge in [0.2, 0.25) is 0 Å². The lowest BCUT2D eigenvalue weighted by atomic mass is 10.2. The first-order chi connectivity index (χ1) is 7.93. The second-order valence-electron chi connectivity index (χ2n) is 3.19. The van der Waals surface area contributed by atoms with Gasteiger partial charge in [0.1, 0.15) is 6.61 Å². The number of ether oxygens (including phenoxy) is 2. The third-order valence-electron chi connectivity index (χ3n) is 1.89. The highest BCUT2D eigenvalue weighted by molar-refractivity contribution is 5.13. The molecule has 0 atom stereocenters. The van der Waals surface area contributed by atoms with Gasteiger partial charge < -0.3 is 9.47 Å². The Morgan fingerprint density at radius 1 is 1.06 bits per heavy atom. The Morgan fingerprint density at radius 3 is 2.44 bits per heavy atom. The molecule has 16 heavy (non-hydrogen) atoms. The summed E-state index contributed by atoms with van der Waals surface area (Å²) in [5.41, 5.74) is 1.18. The van der Waals surface area contributed by atoms with Gasteiger partial charge in [-0.25, -0.2) is 0 Å². The Bertz CT molecular complexity index is 336. The Morgan fingerprint density at radius 2 is 1.75 bits per heavy atom. The van der Waals surface area contributed by atoms with Gasteiger partial charge in [0, 0.05) is 0 Å². The first kappa shape index (κ1) is 12.5. The molecule has 84 valence electrons. The minimum absolute atomic E-state index is 0.356. The van der Waals surface area contributed by atoms with Crippen LogP contribution in [0.3, 0.4) is 0 Å². The topological polar surface area (TPSA) is 18.5 Å². The summed E-state index contributed by atoms with van der Waals surface area (Å²) in [6.07, 6.45) is 8.87. The van der Waals surface area contributed by atoms with Crippen molar-refractivity contribution in [3.8, 4) is 12.3 Å². The van der Waals surface area contributed by atoms with E-state index in [-0.39, 0.29) is 0 Å². The quantitative estimate of drug-likeness (QED) is 0.396. The minimum atomic E-state index is 0.356. The molecule has 0 fully saturated rings. The lowest BCUT2D eigenvalue weighted by Gasteiger charge is -2.00. The van der Waals surface area contributed by atoms with Gasteiger partial charge in [-0.2, -0.15) is 0 Å². The molecule has 0 radical (unpaired) electrons. The summed E-state index contributed by atoms with van der Waals surface area (Å²) in [6, 6.07) is 10.1. The molecule has 0 amide bonds. The van der Waals surface area contributed by atoms with Crippen molar-refractivity contribution in [2.24, 2.45) is 0 Å². The van der Waals surface area contributed by atoms with Crippen LogP contribution in [-0.4, -0.2) is 19.8 Å². The summed E-state index contributed by atoms with van der Waals surface area (Å²) < 4.78 is 10.5. The molecule has 0 spiro atoms. The third kappa shape index (κ3) is 6.02. The van der Waals surface area contributed by atoms with E-state index in [4.69, 9.17) is 15.9 Å². The fourth-order valence-corrected chi connectivity index (χ4v) is 1.14. The van der Waals surface area contributed by atoms with Gasteiger partial charge in [-0.05, 0) is 5.56 Å². The molecule has 0 aromatic heterocycles. The summed E-state index contributed by atoms with van der Waals surface area (Å²) in [4.78, 5) is 0. The molecular formula is C14H16O2. The van der Waals surface area contributed by atoms with Crippen LogP contribution >= 0.6 is 0 Å². The molecule has 1 aromatic carbocycles. The Hall–Kier alpha value is -1.56. The molecule has 0 N–H and O–H groups in total. The largest absolute Gasteiger partial charge is 0.373 e. The fourth-order valence-electron chi connectivity index (χ4n) is 1.14. The summed E-state index contributed by atoms with van der Waals surface area (Å²) in [7, 11) is 0. The molecule has 1 aromatic rings. The van der Waals surface area contributed by atoms with Crippen molar-refractivity contribution in [2.75, 3.05) is 19.8 Å². The maximum Gasteiger partial charge on any atom is 0.107 e. The molecule has 0 aliphatic carbocycles. The molecular weight excluding hydrogens is 200 g/mol. The molecule has 0 aliphatic heterocycles. The predicted molar refractivity (Wildman–Crippen MR) is 64.9 cm³/mol. The van der Waals surface area contributed by atoms with Crippen LogP contribution in [0.1, 0.15) is 5.56 Å². The van der Waals surface area contributed by atoms with E-state index in [9.17, 15) is 0 Å². The lowest BCUT2D eigenvalue weighted by molar-refractivity contribution is 0.147. The highest BCUT2D eigenvalue weighted by Crippen LogP contribution is 1.99. The second-order valence-corrected chi connectivity index (χ2v) is 3.19. The number of hydrogen-bond acceptors (Lipinski definition) is 2. The molecule has 0 saturated carbocycles. The van der Waals surface area contributed by atoms with Crippen LogP contribution in [0.4, 0.5) is 0 Å². The smallest absolute Gasteiger partial charge is 0.107 e. The molecule has 0 saturated heterocycles. The summed E-state index contributed by atoms with van der Waals surface area (Å²) >= 11 is 0. The highest BCUT2D eigenvalue weighted by Gasteiger charge is 1.88. The number of rotatable bonds is 7. The Labute approximate surface area is 96.9 Å². The van der Waals surface area contributed by atoms with E-state index < -0.39 is 0 Å². The van der Waals surface area contributed by atoms with Crippen LogP contribution in [0, 0.1) is 12.3 Å². The summed E-state index contributed by atoms with van der Waals surface area (Å²) in [5, 5.41) is 0. The first-order valence-electron chi connectivity index (χ1n) is 5.21. The molecule has 0 heterocycles. The van der Waals surface area contributed by atoms with Crippen LogP contribution in [0.25, 0.3) is 0 Å². The molecule has 1 rings (SSSR count). The van der Waals surface area contributed by atoms with Gasteiger partial charge >= 0.3 is 0 Å². The normalized spacial score (nSPS) is 10.4. The zero-order valence-corrected chi connectivity index (χ0v) is 9.26. The number of terminal acetylenes is 1. The molecule has 0 aliphatic rings. The van der Waals surface area contributed by atoms with Crippen molar-refractivity contribution >= 4 is 0 Å². The van der Waals surface area contributed by atoms with Crippen molar-refractivity contribution in [3.05, 3.63) is 48.0 Å². The maximum absolute atomic E-state index is 5.44. The van der Waals surface area contributed by atoms with Crippen LogP contribution in [0.5, 0.6) is 0 Å². The van der Waals surface area contributed by atoms with E-state index in [0.717, 1.165) is 0 Å². The van der Waals surface area contributed by atoms with Crippen LogP contribution < -0.4 is 0 Å². The number of hydrogen-bond donors (Lipinski definition) is 0. The fraction of sp³-hybridized carbons (Fsp3) is 0.286. The maximum atomic E-state index is 5.44. The summed E-state index contributed by atoms with van der Waals surface area (Å²) in [6.45, 7) is 2.12. The van der Waals surface area contributed by atoms with Gasteiger partial charge in [-0.15, -0.1) is 6.42 Å². The van der Waals surface area contributed by atoms with Crippen LogP contribution in [0.2, 0.25) is 0 Å². The van der Waals surface area contributed by atoms with Gasteiger partial charge in [0.15, 0.2) is 0 Å². The van der Waals surface area contributed by atoms with E-state index in [1.165, 1.54) is 5.56 Å². The SMILES string of the molecule is C#CCOC/C=C/COCc1ccccc1. The minimum Gasteiger partial charge on any atom is -0.373 e. The zero-order chi connectivity index (χ0) is 11.5. The van der Waals surface area contributed by atoms with Gasteiger partial charge in [0.05, 0.1) is 19.8 Å². The van der Waals surface area contributed by atoms with Gasteiger partial charge in [-0.1, -0.05) is 48.4 Å². The van der Waals surface area contributed by atoms with Crippen LogP contribution in [0.15, 0.2) is 42.5 Å². The van der Waals surface area contributed by atoms with Gasteiger partial charge in [-0.3, -0.25) is 0 Å². The Balaban J connectivity index is 2.02. The van der Waals surface area contributed by atoms with Crippen molar-refractivity contribution in [3.63, 3.8) is 0 Å². The Kier molecular flexibility index (Phi) is 6.82. The average Bonchev–Trinajstić information content (AvgIpc) is 2.34. The van der Waals surface area contributed by atoms with Crippen molar-refractivity contribution < 1.29 is 9.47 Å². The molecule has 0 unspecified atom stereocenters. The van der Waals surface area contributed by atoms with Crippen LogP contribution in [-0.2, 0) is 16.1 Å². The second kappa shape index (κ2) is 8.72. The molecule has 2 heteroatoms. The highest BCUT2D eigenvalue weighted by atomic mass is 16.5. The van der Waals surface area contributed by atoms with E-state index in [1.54, 1.807) is 0 Å². The molecule has 0 bridgehead atoms. The standard InChI is InChI=1S/C14H16O2/c1-2-10-15-11-6-7-12-16-13-14-8-4-3-5-9-14/h1,3-9H,10-13H2/b7-6+.